The average Bonchev–Trinajstić information content (AvgIpc) is 3.23. The van der Waals surface area contributed by atoms with Gasteiger partial charge >= 0.3 is 5.97 Å². The van der Waals surface area contributed by atoms with Crippen LogP contribution in [0.15, 0.2) is 18.2 Å². The first-order valence-corrected chi connectivity index (χ1v) is 6.83. The summed E-state index contributed by atoms with van der Waals surface area (Å²) in [6.07, 6.45) is 3.96. The highest BCUT2D eigenvalue weighted by molar-refractivity contribution is 5.90. The second kappa shape index (κ2) is 5.90. The highest BCUT2D eigenvalue weighted by atomic mass is 16.6. The van der Waals surface area contributed by atoms with Gasteiger partial charge in [-0.15, -0.1) is 0 Å². The first-order valence-electron chi connectivity index (χ1n) is 6.83. The van der Waals surface area contributed by atoms with Crippen molar-refractivity contribution in [2.24, 2.45) is 0 Å². The molecule has 0 aromatic heterocycles. The van der Waals surface area contributed by atoms with Crippen LogP contribution < -0.4 is 4.90 Å². The maximum absolute atomic E-state index is 11.2. The number of carbonyl (C=O) groups is 1. The quantitative estimate of drug-likeness (QED) is 0.612. The second-order valence-corrected chi connectivity index (χ2v) is 5.04. The molecule has 0 heterocycles. The number of nitro benzene ring substituents is 1. The Labute approximate surface area is 117 Å². The number of benzene rings is 1. The maximum atomic E-state index is 11.2. The molecule has 0 unspecified atom stereocenters. The summed E-state index contributed by atoms with van der Waals surface area (Å²) in [6.45, 7) is 2.79. The fraction of sp³-hybridized carbons (Fsp3) is 0.500. The van der Waals surface area contributed by atoms with Crippen LogP contribution in [0.2, 0.25) is 0 Å². The van der Waals surface area contributed by atoms with Gasteiger partial charge in [-0.2, -0.15) is 0 Å². The smallest absolute Gasteiger partial charge is 0.335 e. The van der Waals surface area contributed by atoms with E-state index < -0.39 is 10.9 Å². The third kappa shape index (κ3) is 3.07. The van der Waals surface area contributed by atoms with Crippen LogP contribution in [0.1, 0.15) is 43.0 Å². The van der Waals surface area contributed by atoms with E-state index >= 15 is 0 Å². The van der Waals surface area contributed by atoms with Crippen LogP contribution in [-0.4, -0.2) is 28.6 Å². The molecule has 1 aromatic rings. The van der Waals surface area contributed by atoms with Crippen molar-refractivity contribution in [1.29, 1.82) is 0 Å². The van der Waals surface area contributed by atoms with E-state index in [1.54, 1.807) is 0 Å². The van der Waals surface area contributed by atoms with Crippen LogP contribution in [0.4, 0.5) is 11.4 Å². The average molecular weight is 278 g/mol. The number of carboxylic acid groups (broad SMARTS) is 1. The third-order valence-corrected chi connectivity index (χ3v) is 3.47. The summed E-state index contributed by atoms with van der Waals surface area (Å²) in [5.74, 6) is -1.06. The zero-order chi connectivity index (χ0) is 14.7. The largest absolute Gasteiger partial charge is 0.478 e. The van der Waals surface area contributed by atoms with E-state index in [0.29, 0.717) is 11.7 Å². The first-order chi connectivity index (χ1) is 9.54. The molecule has 20 heavy (non-hydrogen) atoms. The lowest BCUT2D eigenvalue weighted by Gasteiger charge is -2.24. The topological polar surface area (TPSA) is 83.7 Å². The predicted molar refractivity (Wildman–Crippen MR) is 75.3 cm³/mol. The van der Waals surface area contributed by atoms with Gasteiger partial charge in [-0.3, -0.25) is 10.1 Å². The summed E-state index contributed by atoms with van der Waals surface area (Å²) < 4.78 is 0. The van der Waals surface area contributed by atoms with Crippen molar-refractivity contribution in [2.45, 2.75) is 38.6 Å². The lowest BCUT2D eigenvalue weighted by atomic mass is 10.1. The van der Waals surface area contributed by atoms with Gasteiger partial charge in [0.25, 0.3) is 5.69 Å². The third-order valence-electron chi connectivity index (χ3n) is 3.47. The molecule has 1 N–H and O–H groups in total. The molecule has 6 heteroatoms. The Hall–Kier alpha value is -2.11. The minimum atomic E-state index is -1.06. The van der Waals surface area contributed by atoms with E-state index in [2.05, 4.69) is 6.92 Å². The van der Waals surface area contributed by atoms with Crippen LogP contribution in [0.25, 0.3) is 0 Å². The standard InChI is InChI=1S/C14H18N2O4/c1-2-3-8-15(11-5-6-11)13-9-10(14(17)18)4-7-12(13)16(19)20/h4,7,9,11H,2-3,5-6,8H2,1H3,(H,17,18). The molecule has 0 amide bonds. The molecule has 2 rings (SSSR count). The van der Waals surface area contributed by atoms with Gasteiger partial charge in [-0.25, -0.2) is 4.79 Å². The minimum Gasteiger partial charge on any atom is -0.478 e. The van der Waals surface area contributed by atoms with Crippen molar-refractivity contribution < 1.29 is 14.8 Å². The zero-order valence-corrected chi connectivity index (χ0v) is 11.4. The monoisotopic (exact) mass is 278 g/mol. The number of carboxylic acids is 1. The Morgan fingerprint density at radius 1 is 1.50 bits per heavy atom. The fourth-order valence-corrected chi connectivity index (χ4v) is 2.26. The lowest BCUT2D eigenvalue weighted by molar-refractivity contribution is -0.384. The number of aromatic carboxylic acids is 1. The molecule has 1 aliphatic rings. The molecular weight excluding hydrogens is 260 g/mol. The number of unbranched alkanes of at least 4 members (excludes halogenated alkanes) is 1. The van der Waals surface area contributed by atoms with E-state index in [-0.39, 0.29) is 11.3 Å². The first kappa shape index (κ1) is 14.3. The van der Waals surface area contributed by atoms with Crippen molar-refractivity contribution in [1.82, 2.24) is 0 Å². The number of hydrogen-bond acceptors (Lipinski definition) is 4. The number of nitrogens with zero attached hydrogens (tertiary/aromatic N) is 2. The summed E-state index contributed by atoms with van der Waals surface area (Å²) in [5, 5.41) is 20.2. The van der Waals surface area contributed by atoms with Gasteiger partial charge in [0.05, 0.1) is 10.5 Å². The molecule has 0 spiro atoms. The number of hydrogen-bond donors (Lipinski definition) is 1. The molecule has 6 nitrogen and oxygen atoms in total. The number of nitro groups is 1. The van der Waals surface area contributed by atoms with Crippen molar-refractivity contribution in [3.05, 3.63) is 33.9 Å². The Morgan fingerprint density at radius 2 is 2.20 bits per heavy atom. The Morgan fingerprint density at radius 3 is 2.70 bits per heavy atom. The summed E-state index contributed by atoms with van der Waals surface area (Å²) >= 11 is 0. The zero-order valence-electron chi connectivity index (χ0n) is 11.4. The predicted octanol–water partition coefficient (Wildman–Crippen LogP) is 3.06. The molecule has 0 aliphatic heterocycles. The van der Waals surface area contributed by atoms with Crippen molar-refractivity contribution >= 4 is 17.3 Å². The fourth-order valence-electron chi connectivity index (χ4n) is 2.26. The Kier molecular flexibility index (Phi) is 4.22. The van der Waals surface area contributed by atoms with Gasteiger partial charge in [0.2, 0.25) is 0 Å². The minimum absolute atomic E-state index is 0.0157. The van der Waals surface area contributed by atoms with Crippen molar-refractivity contribution in [2.75, 3.05) is 11.4 Å². The van der Waals surface area contributed by atoms with Gasteiger partial charge in [0, 0.05) is 18.7 Å². The molecule has 1 aliphatic carbocycles. The molecule has 0 radical (unpaired) electrons. The Bertz CT molecular complexity index is 526. The molecule has 1 aromatic carbocycles. The van der Waals surface area contributed by atoms with Crippen LogP contribution in [0.5, 0.6) is 0 Å². The molecule has 1 saturated carbocycles. The van der Waals surface area contributed by atoms with E-state index in [1.807, 2.05) is 4.90 Å². The van der Waals surface area contributed by atoms with Gasteiger partial charge in [-0.1, -0.05) is 13.3 Å². The van der Waals surface area contributed by atoms with Gasteiger partial charge in [-0.05, 0) is 31.4 Å². The van der Waals surface area contributed by atoms with Gasteiger partial charge in [0.15, 0.2) is 0 Å². The van der Waals surface area contributed by atoms with E-state index in [1.165, 1.54) is 18.2 Å². The summed E-state index contributed by atoms with van der Waals surface area (Å²) in [4.78, 5) is 23.8. The van der Waals surface area contributed by atoms with Crippen LogP contribution >= 0.6 is 0 Å². The van der Waals surface area contributed by atoms with Crippen molar-refractivity contribution in [3.63, 3.8) is 0 Å². The highest BCUT2D eigenvalue weighted by Gasteiger charge is 2.33. The van der Waals surface area contributed by atoms with Gasteiger partial charge < -0.3 is 10.0 Å². The SMILES string of the molecule is CCCCN(c1cc(C(=O)O)ccc1[N+](=O)[O-])C1CC1. The normalized spacial score (nSPS) is 14.1. The number of rotatable bonds is 7. The van der Waals surface area contributed by atoms with E-state index in [9.17, 15) is 14.9 Å². The van der Waals surface area contributed by atoms with E-state index in [4.69, 9.17) is 5.11 Å². The lowest BCUT2D eigenvalue weighted by Crippen LogP contribution is -2.27. The van der Waals surface area contributed by atoms with Crippen LogP contribution in [0, 0.1) is 10.1 Å². The number of anilines is 1. The molecule has 0 saturated heterocycles. The highest BCUT2D eigenvalue weighted by Crippen LogP contribution is 2.37. The van der Waals surface area contributed by atoms with Crippen LogP contribution in [0.3, 0.4) is 0 Å². The Balaban J connectivity index is 2.40. The van der Waals surface area contributed by atoms with Gasteiger partial charge in [0.1, 0.15) is 5.69 Å². The molecule has 0 bridgehead atoms. The molecule has 108 valence electrons. The maximum Gasteiger partial charge on any atom is 0.335 e. The summed E-state index contributed by atoms with van der Waals surface area (Å²) in [6, 6.07) is 4.31. The molecular formula is C14H18N2O4. The summed E-state index contributed by atoms with van der Waals surface area (Å²) in [7, 11) is 0. The van der Waals surface area contributed by atoms with Crippen LogP contribution in [-0.2, 0) is 0 Å². The van der Waals surface area contributed by atoms with E-state index in [0.717, 1.165) is 32.2 Å². The second-order valence-electron chi connectivity index (χ2n) is 5.04. The molecule has 1 fully saturated rings. The molecule has 0 atom stereocenters. The summed E-state index contributed by atoms with van der Waals surface area (Å²) in [5.41, 5.74) is 0.511. The van der Waals surface area contributed by atoms with Crippen molar-refractivity contribution in [3.8, 4) is 0 Å².